The Morgan fingerprint density at radius 2 is 2.00 bits per heavy atom. The molecule has 0 N–H and O–H groups in total. The lowest BCUT2D eigenvalue weighted by molar-refractivity contribution is 0.0975. The molecule has 0 aliphatic heterocycles. The van der Waals surface area contributed by atoms with Crippen LogP contribution in [-0.2, 0) is 0 Å². The SMILES string of the molecule is C=CCCCCCC(=O)c1ccccc1F. The Hall–Kier alpha value is -1.44. The molecule has 0 fully saturated rings. The van der Waals surface area contributed by atoms with Gasteiger partial charge >= 0.3 is 0 Å². The minimum atomic E-state index is -0.418. The third-order valence-corrected chi connectivity index (χ3v) is 2.49. The molecule has 1 rings (SSSR count). The van der Waals surface area contributed by atoms with Crippen molar-refractivity contribution in [1.82, 2.24) is 0 Å². The second-order valence-electron chi connectivity index (χ2n) is 3.79. The Labute approximate surface area is 96.0 Å². The third-order valence-electron chi connectivity index (χ3n) is 2.49. The highest BCUT2D eigenvalue weighted by molar-refractivity contribution is 5.96. The minimum absolute atomic E-state index is 0.100. The van der Waals surface area contributed by atoms with Crippen molar-refractivity contribution in [2.45, 2.75) is 32.1 Å². The van der Waals surface area contributed by atoms with E-state index in [1.54, 1.807) is 18.2 Å². The highest BCUT2D eigenvalue weighted by Crippen LogP contribution is 2.12. The van der Waals surface area contributed by atoms with Gasteiger partial charge in [0.15, 0.2) is 5.78 Å². The average molecular weight is 220 g/mol. The summed E-state index contributed by atoms with van der Waals surface area (Å²) in [4.78, 5) is 11.6. The van der Waals surface area contributed by atoms with E-state index in [-0.39, 0.29) is 11.3 Å². The van der Waals surface area contributed by atoms with E-state index < -0.39 is 5.82 Å². The quantitative estimate of drug-likeness (QED) is 0.383. The average Bonchev–Trinajstić information content (AvgIpc) is 2.29. The number of carbonyl (C=O) groups is 1. The molecule has 0 amide bonds. The highest BCUT2D eigenvalue weighted by Gasteiger charge is 2.09. The molecular formula is C14H17FO. The molecule has 0 saturated heterocycles. The molecule has 0 aliphatic carbocycles. The number of carbonyl (C=O) groups excluding carboxylic acids is 1. The van der Waals surface area contributed by atoms with Crippen LogP contribution < -0.4 is 0 Å². The van der Waals surface area contributed by atoms with Crippen molar-refractivity contribution < 1.29 is 9.18 Å². The number of benzene rings is 1. The molecule has 0 bridgehead atoms. The largest absolute Gasteiger partial charge is 0.294 e. The Morgan fingerprint density at radius 3 is 2.69 bits per heavy atom. The second-order valence-corrected chi connectivity index (χ2v) is 3.79. The summed E-state index contributed by atoms with van der Waals surface area (Å²) in [5, 5.41) is 0. The molecule has 1 aromatic rings. The molecule has 0 unspecified atom stereocenters. The maximum absolute atomic E-state index is 13.2. The summed E-state index contributed by atoms with van der Waals surface area (Å²) in [6, 6.07) is 6.15. The van der Waals surface area contributed by atoms with E-state index in [4.69, 9.17) is 0 Å². The van der Waals surface area contributed by atoms with Gasteiger partial charge in [-0.15, -0.1) is 6.58 Å². The molecule has 0 aliphatic rings. The molecule has 16 heavy (non-hydrogen) atoms. The zero-order valence-electron chi connectivity index (χ0n) is 9.42. The fraction of sp³-hybridized carbons (Fsp3) is 0.357. The highest BCUT2D eigenvalue weighted by atomic mass is 19.1. The maximum Gasteiger partial charge on any atom is 0.165 e. The normalized spacial score (nSPS) is 10.1. The first-order valence-corrected chi connectivity index (χ1v) is 5.64. The van der Waals surface area contributed by atoms with E-state index in [1.807, 2.05) is 6.08 Å². The van der Waals surface area contributed by atoms with Gasteiger partial charge < -0.3 is 0 Å². The summed E-state index contributed by atoms with van der Waals surface area (Å²) >= 11 is 0. The lowest BCUT2D eigenvalue weighted by Crippen LogP contribution is -2.01. The standard InChI is InChI=1S/C14H17FO/c1-2-3-4-5-6-11-14(16)12-9-7-8-10-13(12)15/h2,7-10H,1,3-6,11H2. The van der Waals surface area contributed by atoms with Crippen molar-refractivity contribution >= 4 is 5.78 Å². The van der Waals surface area contributed by atoms with Crippen LogP contribution in [0.4, 0.5) is 4.39 Å². The van der Waals surface area contributed by atoms with Crippen LogP contribution in [0, 0.1) is 5.82 Å². The van der Waals surface area contributed by atoms with Crippen molar-refractivity contribution in [1.29, 1.82) is 0 Å². The first-order valence-electron chi connectivity index (χ1n) is 5.64. The monoisotopic (exact) mass is 220 g/mol. The lowest BCUT2D eigenvalue weighted by Gasteiger charge is -2.02. The molecular weight excluding hydrogens is 203 g/mol. The van der Waals surface area contributed by atoms with Gasteiger partial charge in [-0.2, -0.15) is 0 Å². The third kappa shape index (κ3) is 3.97. The zero-order chi connectivity index (χ0) is 11.8. The summed E-state index contributed by atoms with van der Waals surface area (Å²) in [7, 11) is 0. The minimum Gasteiger partial charge on any atom is -0.294 e. The van der Waals surface area contributed by atoms with Gasteiger partial charge in [0.25, 0.3) is 0 Å². The smallest absolute Gasteiger partial charge is 0.165 e. The summed E-state index contributed by atoms with van der Waals surface area (Å²) in [6.45, 7) is 3.64. The number of Topliss-reactive ketones (excluding diaryl/α,β-unsaturated/α-hetero) is 1. The van der Waals surface area contributed by atoms with Crippen molar-refractivity contribution in [3.63, 3.8) is 0 Å². The van der Waals surface area contributed by atoms with Crippen LogP contribution in [0.25, 0.3) is 0 Å². The van der Waals surface area contributed by atoms with E-state index in [1.165, 1.54) is 6.07 Å². The summed E-state index contributed by atoms with van der Waals surface area (Å²) in [5.41, 5.74) is 0.214. The van der Waals surface area contributed by atoms with Crippen molar-refractivity contribution in [2.24, 2.45) is 0 Å². The Kier molecular flexibility index (Phi) is 5.48. The van der Waals surface area contributed by atoms with Crippen molar-refractivity contribution in [2.75, 3.05) is 0 Å². The van der Waals surface area contributed by atoms with Gasteiger partial charge in [-0.05, 0) is 31.4 Å². The van der Waals surface area contributed by atoms with Crippen LogP contribution in [0.15, 0.2) is 36.9 Å². The maximum atomic E-state index is 13.2. The van der Waals surface area contributed by atoms with Crippen LogP contribution in [0.5, 0.6) is 0 Å². The molecule has 0 atom stereocenters. The molecule has 86 valence electrons. The Morgan fingerprint density at radius 1 is 1.25 bits per heavy atom. The summed E-state index contributed by atoms with van der Waals surface area (Å²) in [6.07, 6.45) is 6.14. The van der Waals surface area contributed by atoms with Gasteiger partial charge in [0.1, 0.15) is 5.82 Å². The van der Waals surface area contributed by atoms with E-state index in [0.717, 1.165) is 25.7 Å². The molecule has 2 heteroatoms. The fourth-order valence-corrected chi connectivity index (χ4v) is 1.57. The number of hydrogen-bond acceptors (Lipinski definition) is 1. The number of rotatable bonds is 7. The van der Waals surface area contributed by atoms with Crippen LogP contribution >= 0.6 is 0 Å². The molecule has 0 spiro atoms. The van der Waals surface area contributed by atoms with Crippen LogP contribution in [-0.4, -0.2) is 5.78 Å². The topological polar surface area (TPSA) is 17.1 Å². The Bertz CT molecular complexity index is 358. The van der Waals surface area contributed by atoms with Gasteiger partial charge in [-0.3, -0.25) is 4.79 Å². The number of unbranched alkanes of at least 4 members (excludes halogenated alkanes) is 3. The number of allylic oxidation sites excluding steroid dienone is 1. The van der Waals surface area contributed by atoms with Crippen LogP contribution in [0.1, 0.15) is 42.5 Å². The fourth-order valence-electron chi connectivity index (χ4n) is 1.57. The number of ketones is 1. The van der Waals surface area contributed by atoms with E-state index in [9.17, 15) is 9.18 Å². The molecule has 0 aromatic heterocycles. The van der Waals surface area contributed by atoms with Crippen LogP contribution in [0.2, 0.25) is 0 Å². The zero-order valence-corrected chi connectivity index (χ0v) is 9.42. The molecule has 0 heterocycles. The number of halogens is 1. The van der Waals surface area contributed by atoms with E-state index >= 15 is 0 Å². The van der Waals surface area contributed by atoms with Crippen molar-refractivity contribution in [3.8, 4) is 0 Å². The predicted octanol–water partition coefficient (Wildman–Crippen LogP) is 4.14. The van der Waals surface area contributed by atoms with Gasteiger partial charge in [0, 0.05) is 6.42 Å². The summed E-state index contributed by atoms with van der Waals surface area (Å²) < 4.78 is 13.2. The molecule has 1 aromatic carbocycles. The van der Waals surface area contributed by atoms with Gasteiger partial charge in [0.05, 0.1) is 5.56 Å². The van der Waals surface area contributed by atoms with Crippen molar-refractivity contribution in [3.05, 3.63) is 48.3 Å². The second kappa shape index (κ2) is 6.94. The molecule has 0 saturated carbocycles. The first-order chi connectivity index (χ1) is 7.75. The first kappa shape index (κ1) is 12.6. The van der Waals surface area contributed by atoms with E-state index in [2.05, 4.69) is 6.58 Å². The number of hydrogen-bond donors (Lipinski definition) is 0. The van der Waals surface area contributed by atoms with Gasteiger partial charge in [-0.1, -0.05) is 24.6 Å². The summed E-state index contributed by atoms with van der Waals surface area (Å²) in [5.74, 6) is -0.518. The Balaban J connectivity index is 2.36. The molecule has 0 radical (unpaired) electrons. The van der Waals surface area contributed by atoms with Crippen LogP contribution in [0.3, 0.4) is 0 Å². The predicted molar refractivity (Wildman–Crippen MR) is 64.0 cm³/mol. The van der Waals surface area contributed by atoms with E-state index in [0.29, 0.717) is 6.42 Å². The lowest BCUT2D eigenvalue weighted by atomic mass is 10.0. The van der Waals surface area contributed by atoms with Gasteiger partial charge in [-0.25, -0.2) is 4.39 Å². The molecule has 1 nitrogen and oxygen atoms in total. The van der Waals surface area contributed by atoms with Gasteiger partial charge in [0.2, 0.25) is 0 Å².